The Hall–Kier alpha value is -1.68. The molecule has 0 bridgehead atoms. The van der Waals surface area contributed by atoms with Crippen LogP contribution in [0.1, 0.15) is 22.3 Å². The molecular weight excluding hydrogens is 396 g/mol. The first-order valence-corrected chi connectivity index (χ1v) is 9.51. The molecule has 2 nitrogen and oxygen atoms in total. The summed E-state index contributed by atoms with van der Waals surface area (Å²) in [6.45, 7) is 1.69. The van der Waals surface area contributed by atoms with Crippen LogP contribution in [0.2, 0.25) is 5.15 Å². The summed E-state index contributed by atoms with van der Waals surface area (Å²) in [5.74, 6) is 0. The van der Waals surface area contributed by atoms with Crippen LogP contribution in [0, 0.1) is 0 Å². The average molecular weight is 416 g/mol. The second-order valence-electron chi connectivity index (χ2n) is 5.97. The third kappa shape index (κ3) is 5.40. The van der Waals surface area contributed by atoms with Crippen molar-refractivity contribution in [2.75, 3.05) is 6.54 Å². The van der Waals surface area contributed by atoms with Gasteiger partial charge in [-0.15, -0.1) is 0 Å². The lowest BCUT2D eigenvalue weighted by Crippen LogP contribution is -2.17. The van der Waals surface area contributed by atoms with E-state index in [1.807, 2.05) is 18.3 Å². The van der Waals surface area contributed by atoms with Gasteiger partial charge in [0.1, 0.15) is 5.15 Å². The van der Waals surface area contributed by atoms with Crippen LogP contribution in [0.5, 0.6) is 0 Å². The molecule has 1 aromatic heterocycles. The van der Waals surface area contributed by atoms with E-state index < -0.39 is 0 Å². The van der Waals surface area contributed by atoms with E-state index in [1.165, 1.54) is 16.7 Å². The molecule has 1 N–H and O–H groups in total. The van der Waals surface area contributed by atoms with Gasteiger partial charge in [-0.25, -0.2) is 4.98 Å². The topological polar surface area (TPSA) is 24.9 Å². The van der Waals surface area contributed by atoms with Crippen molar-refractivity contribution in [1.29, 1.82) is 0 Å². The van der Waals surface area contributed by atoms with Crippen molar-refractivity contribution < 1.29 is 0 Å². The van der Waals surface area contributed by atoms with Gasteiger partial charge in [0.25, 0.3) is 0 Å². The standard InChI is InChI=1S/C21H20BrClN2/c22-20-9-5-4-8-19(20)15-24-11-10-18-13-17(14-25-21(18)23)12-16-6-2-1-3-7-16/h1-9,13-14,24H,10-12,15H2. The van der Waals surface area contributed by atoms with E-state index >= 15 is 0 Å². The number of hydrogen-bond acceptors (Lipinski definition) is 2. The SMILES string of the molecule is Clc1ncc(Cc2ccccc2)cc1CCNCc1ccccc1Br. The van der Waals surface area contributed by atoms with Gasteiger partial charge in [0.2, 0.25) is 0 Å². The Balaban J connectivity index is 1.57. The molecule has 128 valence electrons. The van der Waals surface area contributed by atoms with Gasteiger partial charge in [-0.3, -0.25) is 0 Å². The summed E-state index contributed by atoms with van der Waals surface area (Å²) < 4.78 is 1.13. The fourth-order valence-electron chi connectivity index (χ4n) is 2.73. The summed E-state index contributed by atoms with van der Waals surface area (Å²) in [6, 6.07) is 20.8. The zero-order chi connectivity index (χ0) is 17.5. The lowest BCUT2D eigenvalue weighted by atomic mass is 10.0. The average Bonchev–Trinajstić information content (AvgIpc) is 2.63. The van der Waals surface area contributed by atoms with Crippen LogP contribution in [-0.2, 0) is 19.4 Å². The molecule has 0 aliphatic heterocycles. The number of rotatable bonds is 7. The van der Waals surface area contributed by atoms with E-state index in [0.29, 0.717) is 5.15 Å². The fraction of sp³-hybridized carbons (Fsp3) is 0.190. The number of aromatic nitrogens is 1. The summed E-state index contributed by atoms with van der Waals surface area (Å²) in [5.41, 5.74) is 4.82. The zero-order valence-corrected chi connectivity index (χ0v) is 16.2. The quantitative estimate of drug-likeness (QED) is 0.411. The molecule has 0 saturated heterocycles. The highest BCUT2D eigenvalue weighted by Crippen LogP contribution is 2.18. The summed E-state index contributed by atoms with van der Waals surface area (Å²) in [6.07, 6.45) is 3.61. The monoisotopic (exact) mass is 414 g/mol. The van der Waals surface area contributed by atoms with Crippen molar-refractivity contribution in [3.63, 3.8) is 0 Å². The van der Waals surface area contributed by atoms with Gasteiger partial charge < -0.3 is 5.32 Å². The Kier molecular flexibility index (Phi) is 6.62. The first kappa shape index (κ1) is 18.1. The van der Waals surface area contributed by atoms with E-state index in [-0.39, 0.29) is 0 Å². The molecule has 0 aliphatic carbocycles. The van der Waals surface area contributed by atoms with Gasteiger partial charge in [0.05, 0.1) is 0 Å². The molecule has 0 saturated carbocycles. The molecule has 2 aromatic carbocycles. The van der Waals surface area contributed by atoms with Crippen LogP contribution in [0.4, 0.5) is 0 Å². The molecule has 0 atom stereocenters. The van der Waals surface area contributed by atoms with Gasteiger partial charge >= 0.3 is 0 Å². The summed E-state index contributed by atoms with van der Waals surface area (Å²) in [4.78, 5) is 4.36. The highest BCUT2D eigenvalue weighted by Gasteiger charge is 2.05. The van der Waals surface area contributed by atoms with Gasteiger partial charge in [-0.1, -0.05) is 82.1 Å². The van der Waals surface area contributed by atoms with Crippen molar-refractivity contribution in [3.05, 3.63) is 98.7 Å². The predicted octanol–water partition coefficient (Wildman–Crippen LogP) is 5.42. The van der Waals surface area contributed by atoms with Gasteiger partial charge in [-0.2, -0.15) is 0 Å². The van der Waals surface area contributed by atoms with Crippen molar-refractivity contribution in [3.8, 4) is 0 Å². The van der Waals surface area contributed by atoms with Crippen LogP contribution in [0.15, 0.2) is 71.3 Å². The van der Waals surface area contributed by atoms with Crippen LogP contribution in [0.25, 0.3) is 0 Å². The molecule has 1 heterocycles. The minimum absolute atomic E-state index is 0.597. The smallest absolute Gasteiger partial charge is 0.132 e. The third-order valence-electron chi connectivity index (χ3n) is 4.06. The number of halogens is 2. The van der Waals surface area contributed by atoms with Crippen molar-refractivity contribution >= 4 is 27.5 Å². The first-order valence-electron chi connectivity index (χ1n) is 8.34. The highest BCUT2D eigenvalue weighted by molar-refractivity contribution is 9.10. The van der Waals surface area contributed by atoms with Crippen LogP contribution in [0.3, 0.4) is 0 Å². The van der Waals surface area contributed by atoms with Crippen molar-refractivity contribution in [2.45, 2.75) is 19.4 Å². The Bertz CT molecular complexity index is 821. The summed E-state index contributed by atoms with van der Waals surface area (Å²) in [7, 11) is 0. The molecule has 0 unspecified atom stereocenters. The largest absolute Gasteiger partial charge is 0.312 e. The molecule has 0 amide bonds. The summed E-state index contributed by atoms with van der Waals surface area (Å²) >= 11 is 9.85. The van der Waals surface area contributed by atoms with E-state index in [4.69, 9.17) is 11.6 Å². The van der Waals surface area contributed by atoms with E-state index in [1.54, 1.807) is 0 Å². The fourth-order valence-corrected chi connectivity index (χ4v) is 3.36. The molecule has 0 radical (unpaired) electrons. The predicted molar refractivity (Wildman–Crippen MR) is 108 cm³/mol. The molecule has 0 aliphatic rings. The number of hydrogen-bond donors (Lipinski definition) is 1. The minimum atomic E-state index is 0.597. The van der Waals surface area contributed by atoms with Crippen LogP contribution < -0.4 is 5.32 Å². The maximum Gasteiger partial charge on any atom is 0.132 e. The Labute approximate surface area is 162 Å². The maximum absolute atomic E-state index is 6.27. The highest BCUT2D eigenvalue weighted by atomic mass is 79.9. The number of benzene rings is 2. The Morgan fingerprint density at radius 2 is 1.68 bits per heavy atom. The molecule has 3 aromatic rings. The lowest BCUT2D eigenvalue weighted by molar-refractivity contribution is 0.684. The van der Waals surface area contributed by atoms with Crippen molar-refractivity contribution in [1.82, 2.24) is 10.3 Å². The second-order valence-corrected chi connectivity index (χ2v) is 7.19. The van der Waals surface area contributed by atoms with Gasteiger partial charge in [-0.05, 0) is 47.7 Å². The maximum atomic E-state index is 6.27. The molecular formula is C21H20BrClN2. The molecule has 25 heavy (non-hydrogen) atoms. The third-order valence-corrected chi connectivity index (χ3v) is 5.18. The summed E-state index contributed by atoms with van der Waals surface area (Å²) in [5, 5.41) is 4.07. The molecule has 0 fully saturated rings. The minimum Gasteiger partial charge on any atom is -0.312 e. The van der Waals surface area contributed by atoms with Crippen LogP contribution in [-0.4, -0.2) is 11.5 Å². The number of nitrogens with one attached hydrogen (secondary N) is 1. The van der Waals surface area contributed by atoms with E-state index in [2.05, 4.69) is 74.8 Å². The normalized spacial score (nSPS) is 10.8. The van der Waals surface area contributed by atoms with Gasteiger partial charge in [0.15, 0.2) is 0 Å². The molecule has 4 heteroatoms. The number of pyridine rings is 1. The first-order chi connectivity index (χ1) is 12.2. The van der Waals surface area contributed by atoms with Crippen LogP contribution >= 0.6 is 27.5 Å². The Morgan fingerprint density at radius 3 is 2.48 bits per heavy atom. The van der Waals surface area contributed by atoms with E-state index in [9.17, 15) is 0 Å². The molecule has 3 rings (SSSR count). The van der Waals surface area contributed by atoms with Gasteiger partial charge in [0, 0.05) is 17.2 Å². The zero-order valence-electron chi connectivity index (χ0n) is 13.9. The van der Waals surface area contributed by atoms with E-state index in [0.717, 1.165) is 36.0 Å². The Morgan fingerprint density at radius 1 is 0.920 bits per heavy atom. The van der Waals surface area contributed by atoms with Crippen molar-refractivity contribution in [2.24, 2.45) is 0 Å². The molecule has 0 spiro atoms. The lowest BCUT2D eigenvalue weighted by Gasteiger charge is -2.09. The number of nitrogens with zero attached hydrogens (tertiary/aromatic N) is 1. The second kappa shape index (κ2) is 9.14.